The van der Waals surface area contributed by atoms with E-state index < -0.39 is 12.3 Å². The number of hydrogen-bond donors (Lipinski definition) is 0. The zero-order valence-electron chi connectivity index (χ0n) is 63.4. The summed E-state index contributed by atoms with van der Waals surface area (Å²) >= 11 is 0. The van der Waals surface area contributed by atoms with E-state index in [2.05, 4.69) is 92.9 Å². The lowest BCUT2D eigenvalue weighted by Gasteiger charge is -2.43. The fourth-order valence-electron chi connectivity index (χ4n) is 15.2. The predicted molar refractivity (Wildman–Crippen MR) is 422 cm³/mol. The minimum absolute atomic E-state index is 0.294. The van der Waals surface area contributed by atoms with E-state index in [-0.39, 0.29) is 34.9 Å². The van der Waals surface area contributed by atoms with Crippen molar-refractivity contribution in [1.82, 2.24) is 0 Å². The molecule has 7 aromatic rings. The summed E-state index contributed by atoms with van der Waals surface area (Å²) in [4.78, 5) is 0. The quantitative estimate of drug-likeness (QED) is 0.0154. The third-order valence-electron chi connectivity index (χ3n) is 21.1. The van der Waals surface area contributed by atoms with Gasteiger partial charge >= 0.3 is 0 Å². The third kappa shape index (κ3) is 31.5. The van der Waals surface area contributed by atoms with Crippen molar-refractivity contribution in [3.63, 3.8) is 0 Å². The molecule has 0 aliphatic rings. The van der Waals surface area contributed by atoms with Gasteiger partial charge in [-0.25, -0.2) is 26.3 Å². The molecule has 0 bridgehead atoms. The maximum Gasteiger partial charge on any atom is 0.122 e. The Hall–Kier alpha value is -5.83. The minimum atomic E-state index is -1.47. The Balaban J connectivity index is 0.000000285. The maximum absolute atomic E-state index is 13.6. The van der Waals surface area contributed by atoms with Gasteiger partial charge in [0.2, 0.25) is 0 Å². The van der Waals surface area contributed by atoms with Gasteiger partial charge in [-0.15, -0.1) is 0 Å². The van der Waals surface area contributed by atoms with Crippen molar-refractivity contribution >= 4 is 45.1 Å². The molecule has 0 fully saturated rings. The molecule has 0 unspecified atom stereocenters. The second kappa shape index (κ2) is 49.7. The summed E-state index contributed by atoms with van der Waals surface area (Å²) in [6, 6.07) is 50.2. The van der Waals surface area contributed by atoms with Gasteiger partial charge in [-0.1, -0.05) is 306 Å². The van der Waals surface area contributed by atoms with Crippen molar-refractivity contribution < 1.29 is 35.3 Å². The number of nitrogens with zero attached hydrogens (tertiary/aromatic N) is 2. The van der Waals surface area contributed by atoms with Gasteiger partial charge < -0.3 is 8.97 Å². The van der Waals surface area contributed by atoms with E-state index in [1.807, 2.05) is 72.8 Å². The van der Waals surface area contributed by atoms with E-state index in [1.165, 1.54) is 257 Å². The normalized spacial score (nSPS) is 11.7. The minimum Gasteiger partial charge on any atom is -0.325 e. The number of halogens is 6. The Morgan fingerprint density at radius 3 is 0.677 bits per heavy atom. The van der Waals surface area contributed by atoms with Crippen molar-refractivity contribution in [2.24, 2.45) is 0 Å². The van der Waals surface area contributed by atoms with Crippen LogP contribution in [0.5, 0.6) is 0 Å². The standard InChI is InChI=1S/C25H46N.2C24H25BF3.C16H36N/c1-4-5-6-7-8-9-10-11-12-13-14-15-16-20-23-26(2,3)24-25-21-18-17-19-22-25;2*1-2-3-4-5-18-25(19-6-12-22(26)13-7-19,20-8-14-23(27)15-9-20)21-10-16-24(28)17-11-21;1-5-9-13-17(14-10-6-2,15-11-7-3)16-12-8-4/h17-19,21-22H,4-16,20,23-24H2,1-3H3;2*6-17H,2-5,18H2,1H3;5-16H2,1-4H3/q+1;2*-1;+1. The maximum atomic E-state index is 13.6. The molecule has 10 heteroatoms. The molecule has 0 saturated heterocycles. The molecule has 0 saturated carbocycles. The molecule has 0 radical (unpaired) electrons. The van der Waals surface area contributed by atoms with Crippen molar-refractivity contribution in [2.45, 2.75) is 260 Å². The molecule has 7 aromatic carbocycles. The molecule has 0 spiro atoms. The topological polar surface area (TPSA) is 0 Å². The van der Waals surface area contributed by atoms with Crippen molar-refractivity contribution in [2.75, 3.05) is 46.8 Å². The van der Waals surface area contributed by atoms with Gasteiger partial charge in [-0.2, -0.15) is 45.4 Å². The number of unbranched alkanes of at least 4 members (excludes halogenated alkanes) is 23. The first-order chi connectivity index (χ1) is 48.0. The van der Waals surface area contributed by atoms with Gasteiger partial charge in [0, 0.05) is 5.56 Å². The zero-order valence-corrected chi connectivity index (χ0v) is 63.4. The predicted octanol–water partition coefficient (Wildman–Crippen LogP) is 23.1. The number of rotatable bonds is 45. The fraction of sp³-hybridized carbons (Fsp3) is 0.528. The monoisotopic (exact) mass is 1370 g/mol. The first-order valence-corrected chi connectivity index (χ1v) is 39.6. The lowest BCUT2D eigenvalue weighted by molar-refractivity contribution is -0.929. The second-order valence-corrected chi connectivity index (χ2v) is 29.6. The van der Waals surface area contributed by atoms with Crippen LogP contribution in [0.2, 0.25) is 12.6 Å². The summed E-state index contributed by atoms with van der Waals surface area (Å²) in [6.07, 6.45) is 38.7. The van der Waals surface area contributed by atoms with E-state index >= 15 is 0 Å². The Morgan fingerprint density at radius 2 is 0.444 bits per heavy atom. The van der Waals surface area contributed by atoms with E-state index in [9.17, 15) is 26.3 Å². The molecule has 0 aromatic heterocycles. The number of quaternary nitrogens is 2. The summed E-state index contributed by atoms with van der Waals surface area (Å²) in [5.41, 5.74) is 7.36. The van der Waals surface area contributed by atoms with Crippen LogP contribution in [0, 0.1) is 34.9 Å². The van der Waals surface area contributed by atoms with Gasteiger partial charge in [0.15, 0.2) is 0 Å². The first kappa shape index (κ1) is 85.6. The van der Waals surface area contributed by atoms with Crippen LogP contribution < -0.4 is 32.8 Å². The summed E-state index contributed by atoms with van der Waals surface area (Å²) in [7, 11) is 4.74. The van der Waals surface area contributed by atoms with Crippen molar-refractivity contribution in [1.29, 1.82) is 0 Å². The average Bonchev–Trinajstić information content (AvgIpc) is 0.763. The summed E-state index contributed by atoms with van der Waals surface area (Å²) in [5, 5.41) is 0. The van der Waals surface area contributed by atoms with Gasteiger partial charge in [0.05, 0.1) is 59.1 Å². The van der Waals surface area contributed by atoms with Crippen LogP contribution in [0.25, 0.3) is 0 Å². The molecule has 0 aliphatic heterocycles. The third-order valence-corrected chi connectivity index (χ3v) is 21.1. The van der Waals surface area contributed by atoms with Gasteiger partial charge in [0.1, 0.15) is 41.4 Å². The van der Waals surface area contributed by atoms with Crippen LogP contribution in [-0.2, 0) is 6.54 Å². The Bertz CT molecular complexity index is 2670. The van der Waals surface area contributed by atoms with Crippen LogP contribution in [0.1, 0.15) is 247 Å². The molecule has 0 aliphatic carbocycles. The summed E-state index contributed by atoms with van der Waals surface area (Å²) in [6.45, 7) is 24.1. The van der Waals surface area contributed by atoms with Crippen LogP contribution in [0.3, 0.4) is 0 Å². The smallest absolute Gasteiger partial charge is 0.122 e. The zero-order chi connectivity index (χ0) is 71.9. The molecule has 0 atom stereocenters. The molecule has 0 amide bonds. The fourth-order valence-corrected chi connectivity index (χ4v) is 15.2. The molecule has 546 valence electrons. The lowest BCUT2D eigenvalue weighted by atomic mass is 9.14. The summed E-state index contributed by atoms with van der Waals surface area (Å²) < 4.78 is 84.4. The molecule has 2 nitrogen and oxygen atoms in total. The van der Waals surface area contributed by atoms with E-state index in [1.54, 1.807) is 0 Å². The van der Waals surface area contributed by atoms with E-state index in [0.717, 1.165) is 108 Å². The first-order valence-electron chi connectivity index (χ1n) is 39.6. The van der Waals surface area contributed by atoms with E-state index in [4.69, 9.17) is 0 Å². The van der Waals surface area contributed by atoms with Crippen LogP contribution in [0.15, 0.2) is 176 Å². The van der Waals surface area contributed by atoms with Crippen LogP contribution in [-0.4, -0.2) is 68.1 Å². The van der Waals surface area contributed by atoms with Crippen LogP contribution in [0.4, 0.5) is 26.3 Å². The highest BCUT2D eigenvalue weighted by atomic mass is 19.1. The van der Waals surface area contributed by atoms with Gasteiger partial charge in [0.25, 0.3) is 0 Å². The highest BCUT2D eigenvalue weighted by molar-refractivity contribution is 7.12. The Morgan fingerprint density at radius 1 is 0.232 bits per heavy atom. The number of benzene rings is 7. The highest BCUT2D eigenvalue weighted by Crippen LogP contribution is 2.23. The van der Waals surface area contributed by atoms with Gasteiger partial charge in [-0.05, 0) is 111 Å². The van der Waals surface area contributed by atoms with Crippen LogP contribution >= 0.6 is 0 Å². The highest BCUT2D eigenvalue weighted by Gasteiger charge is 2.32. The Labute approximate surface area is 600 Å². The molecule has 0 N–H and O–H groups in total. The van der Waals surface area contributed by atoms with Crippen molar-refractivity contribution in [3.8, 4) is 0 Å². The largest absolute Gasteiger partial charge is 0.325 e. The average molecular weight is 1370 g/mol. The number of hydrogen-bond acceptors (Lipinski definition) is 0. The molecule has 99 heavy (non-hydrogen) atoms. The summed E-state index contributed by atoms with van der Waals surface area (Å²) in [5.74, 6) is -1.76. The lowest BCUT2D eigenvalue weighted by Crippen LogP contribution is -2.67. The molecular weight excluding hydrogens is 1230 g/mol. The van der Waals surface area contributed by atoms with E-state index in [0.29, 0.717) is 0 Å². The second-order valence-electron chi connectivity index (χ2n) is 29.6. The van der Waals surface area contributed by atoms with Gasteiger partial charge in [-0.3, -0.25) is 0 Å². The SMILES string of the molecule is CCCCCCCCCCCCCCCC[N+](C)(C)Cc1ccccc1.CCCCCC[B-](c1ccc(F)cc1)(c1ccc(F)cc1)c1ccc(F)cc1.CCCCCC[B-](c1ccc(F)cc1)(c1ccc(F)cc1)c1ccc(F)cc1.CCCC[N+](CCCC)(CCCC)CCCC. The Kier molecular flexibility index (Phi) is 43.0. The molecule has 7 rings (SSSR count). The molecular formula is C89H132B2F6N2. The van der Waals surface area contributed by atoms with Crippen molar-refractivity contribution in [3.05, 3.63) is 216 Å². The molecule has 0 heterocycles.